The molecule has 0 spiro atoms. The van der Waals surface area contributed by atoms with Crippen LogP contribution in [0.4, 0.5) is 5.69 Å². The average Bonchev–Trinajstić information content (AvgIpc) is 2.32. The summed E-state index contributed by atoms with van der Waals surface area (Å²) < 4.78 is 0. The molecule has 0 aromatic heterocycles. The Morgan fingerprint density at radius 1 is 1.44 bits per heavy atom. The lowest BCUT2D eigenvalue weighted by molar-refractivity contribution is -0.137. The zero-order chi connectivity index (χ0) is 13.7. The number of nitrogen functional groups attached to an aromatic ring is 1. The number of nitrogens with zero attached hydrogens (tertiary/aromatic N) is 1. The minimum Gasteiger partial charge on any atom is -0.481 e. The first kappa shape index (κ1) is 14.3. The highest BCUT2D eigenvalue weighted by Gasteiger charge is 2.15. The highest BCUT2D eigenvalue weighted by molar-refractivity contribution is 6.33. The number of rotatable bonds is 5. The summed E-state index contributed by atoms with van der Waals surface area (Å²) in [4.78, 5) is 24.0. The second-order valence-corrected chi connectivity index (χ2v) is 4.17. The zero-order valence-corrected chi connectivity index (χ0v) is 10.8. The fourth-order valence-corrected chi connectivity index (χ4v) is 1.66. The van der Waals surface area contributed by atoms with Gasteiger partial charge in [0.2, 0.25) is 0 Å². The molecule has 6 heteroatoms. The van der Waals surface area contributed by atoms with E-state index in [1.807, 2.05) is 0 Å². The first-order chi connectivity index (χ1) is 8.45. The first-order valence-corrected chi connectivity index (χ1v) is 5.89. The van der Waals surface area contributed by atoms with Crippen LogP contribution in [0.2, 0.25) is 5.02 Å². The maximum Gasteiger partial charge on any atom is 0.305 e. The van der Waals surface area contributed by atoms with Crippen molar-refractivity contribution in [1.82, 2.24) is 4.90 Å². The number of aliphatic carboxylic acids is 1. The largest absolute Gasteiger partial charge is 0.481 e. The summed E-state index contributed by atoms with van der Waals surface area (Å²) in [5.41, 5.74) is 6.37. The number of carboxylic acid groups (broad SMARTS) is 1. The normalized spacial score (nSPS) is 10.1. The molecule has 0 fully saturated rings. The van der Waals surface area contributed by atoms with E-state index in [1.54, 1.807) is 19.1 Å². The molecule has 1 rings (SSSR count). The Balaban J connectivity index is 2.82. The van der Waals surface area contributed by atoms with E-state index in [-0.39, 0.29) is 18.9 Å². The third kappa shape index (κ3) is 3.63. The Morgan fingerprint density at radius 2 is 2.11 bits per heavy atom. The van der Waals surface area contributed by atoms with E-state index in [9.17, 15) is 9.59 Å². The molecule has 0 bridgehead atoms. The van der Waals surface area contributed by atoms with Crippen molar-refractivity contribution in [2.45, 2.75) is 13.3 Å². The van der Waals surface area contributed by atoms with Gasteiger partial charge in [-0.15, -0.1) is 0 Å². The van der Waals surface area contributed by atoms with Crippen LogP contribution in [-0.2, 0) is 4.79 Å². The van der Waals surface area contributed by atoms with Gasteiger partial charge in [0.1, 0.15) is 0 Å². The van der Waals surface area contributed by atoms with Gasteiger partial charge >= 0.3 is 5.97 Å². The molecule has 1 aromatic carbocycles. The van der Waals surface area contributed by atoms with Crippen LogP contribution in [0.1, 0.15) is 23.7 Å². The molecule has 0 aliphatic rings. The molecule has 1 aromatic rings. The number of hydrogen-bond donors (Lipinski definition) is 2. The summed E-state index contributed by atoms with van der Waals surface area (Å²) >= 11 is 5.84. The Morgan fingerprint density at radius 3 is 2.61 bits per heavy atom. The van der Waals surface area contributed by atoms with Crippen molar-refractivity contribution >= 4 is 29.2 Å². The molecule has 0 atom stereocenters. The second-order valence-electron chi connectivity index (χ2n) is 3.76. The molecular formula is C12H15ClN2O3. The summed E-state index contributed by atoms with van der Waals surface area (Å²) in [6.07, 6.45) is -0.0811. The summed E-state index contributed by atoms with van der Waals surface area (Å²) in [6.45, 7) is 2.40. The lowest BCUT2D eigenvalue weighted by Crippen LogP contribution is -2.32. The number of anilines is 1. The maximum absolute atomic E-state index is 12.1. The topological polar surface area (TPSA) is 83.6 Å². The Bertz CT molecular complexity index is 463. The zero-order valence-electron chi connectivity index (χ0n) is 10.0. The van der Waals surface area contributed by atoms with E-state index in [2.05, 4.69) is 0 Å². The lowest BCUT2D eigenvalue weighted by atomic mass is 10.1. The van der Waals surface area contributed by atoms with Crippen molar-refractivity contribution in [1.29, 1.82) is 0 Å². The molecular weight excluding hydrogens is 256 g/mol. The SMILES string of the molecule is CCN(CCC(=O)O)C(=O)c1ccc(N)c(Cl)c1. The molecule has 0 saturated carbocycles. The van der Waals surface area contributed by atoms with Gasteiger partial charge in [-0.2, -0.15) is 0 Å². The Labute approximate surface area is 110 Å². The molecule has 0 saturated heterocycles. The highest BCUT2D eigenvalue weighted by Crippen LogP contribution is 2.20. The maximum atomic E-state index is 12.1. The van der Waals surface area contributed by atoms with Crippen LogP contribution in [0.15, 0.2) is 18.2 Å². The highest BCUT2D eigenvalue weighted by atomic mass is 35.5. The van der Waals surface area contributed by atoms with E-state index in [4.69, 9.17) is 22.4 Å². The molecule has 0 radical (unpaired) electrons. The summed E-state index contributed by atoms with van der Waals surface area (Å²) in [5, 5.41) is 8.93. The van der Waals surface area contributed by atoms with Gasteiger partial charge in [-0.1, -0.05) is 11.6 Å². The van der Waals surface area contributed by atoms with Crippen LogP contribution in [0, 0.1) is 0 Å². The number of benzene rings is 1. The van der Waals surface area contributed by atoms with Gasteiger partial charge in [0, 0.05) is 18.7 Å². The van der Waals surface area contributed by atoms with Gasteiger partial charge in [0.15, 0.2) is 0 Å². The predicted molar refractivity (Wildman–Crippen MR) is 69.7 cm³/mol. The monoisotopic (exact) mass is 270 g/mol. The molecule has 0 heterocycles. The molecule has 3 N–H and O–H groups in total. The van der Waals surface area contributed by atoms with Crippen molar-refractivity contribution in [2.24, 2.45) is 0 Å². The van der Waals surface area contributed by atoms with Gasteiger partial charge < -0.3 is 15.7 Å². The van der Waals surface area contributed by atoms with E-state index < -0.39 is 5.97 Å². The van der Waals surface area contributed by atoms with Gasteiger partial charge in [0.05, 0.1) is 17.1 Å². The van der Waals surface area contributed by atoms with E-state index in [0.29, 0.717) is 22.8 Å². The third-order valence-corrected chi connectivity index (χ3v) is 2.84. The Hall–Kier alpha value is -1.75. The van der Waals surface area contributed by atoms with E-state index >= 15 is 0 Å². The van der Waals surface area contributed by atoms with Crippen LogP contribution in [-0.4, -0.2) is 35.0 Å². The Kier molecular flexibility index (Phi) is 4.97. The van der Waals surface area contributed by atoms with Crippen molar-refractivity contribution < 1.29 is 14.7 Å². The molecule has 5 nitrogen and oxygen atoms in total. The van der Waals surface area contributed by atoms with E-state index in [0.717, 1.165) is 0 Å². The van der Waals surface area contributed by atoms with Gasteiger partial charge in [-0.05, 0) is 25.1 Å². The predicted octanol–water partition coefficient (Wildman–Crippen LogP) is 1.86. The smallest absolute Gasteiger partial charge is 0.305 e. The average molecular weight is 271 g/mol. The van der Waals surface area contributed by atoms with Crippen LogP contribution in [0.25, 0.3) is 0 Å². The van der Waals surface area contributed by atoms with Crippen molar-refractivity contribution in [3.63, 3.8) is 0 Å². The molecule has 1 amide bonds. The number of carbonyl (C=O) groups excluding carboxylic acids is 1. The van der Waals surface area contributed by atoms with E-state index in [1.165, 1.54) is 11.0 Å². The van der Waals surface area contributed by atoms with Crippen LogP contribution in [0.5, 0.6) is 0 Å². The van der Waals surface area contributed by atoms with Crippen molar-refractivity contribution in [3.05, 3.63) is 28.8 Å². The second kappa shape index (κ2) is 6.26. The molecule has 0 aliphatic carbocycles. The minimum atomic E-state index is -0.934. The van der Waals surface area contributed by atoms with Gasteiger partial charge in [-0.3, -0.25) is 9.59 Å². The van der Waals surface area contributed by atoms with Gasteiger partial charge in [-0.25, -0.2) is 0 Å². The summed E-state index contributed by atoms with van der Waals surface area (Å²) in [6, 6.07) is 4.62. The fourth-order valence-electron chi connectivity index (χ4n) is 1.48. The van der Waals surface area contributed by atoms with Crippen molar-refractivity contribution in [2.75, 3.05) is 18.8 Å². The molecule has 98 valence electrons. The van der Waals surface area contributed by atoms with Crippen molar-refractivity contribution in [3.8, 4) is 0 Å². The molecule has 18 heavy (non-hydrogen) atoms. The van der Waals surface area contributed by atoms with Crippen LogP contribution >= 0.6 is 11.6 Å². The minimum absolute atomic E-state index is 0.0811. The standard InChI is InChI=1S/C12H15ClN2O3/c1-2-15(6-5-11(16)17)12(18)8-3-4-10(14)9(13)7-8/h3-4,7H,2,5-6,14H2,1H3,(H,16,17). The summed E-state index contributed by atoms with van der Waals surface area (Å²) in [5.74, 6) is -1.18. The lowest BCUT2D eigenvalue weighted by Gasteiger charge is -2.20. The van der Waals surface area contributed by atoms with Gasteiger partial charge in [0.25, 0.3) is 5.91 Å². The number of carbonyl (C=O) groups is 2. The van der Waals surface area contributed by atoms with Crippen LogP contribution < -0.4 is 5.73 Å². The van der Waals surface area contributed by atoms with Crippen LogP contribution in [0.3, 0.4) is 0 Å². The number of hydrogen-bond acceptors (Lipinski definition) is 3. The third-order valence-electron chi connectivity index (χ3n) is 2.51. The first-order valence-electron chi connectivity index (χ1n) is 5.51. The molecule has 0 aliphatic heterocycles. The number of carboxylic acids is 1. The quantitative estimate of drug-likeness (QED) is 0.800. The number of amides is 1. The molecule has 0 unspecified atom stereocenters. The fraction of sp³-hybridized carbons (Fsp3) is 0.333. The number of halogens is 1. The summed E-state index contributed by atoms with van der Waals surface area (Å²) in [7, 11) is 0. The number of nitrogens with two attached hydrogens (primary N) is 1.